The molecule has 8 nitrogen and oxygen atoms in total. The number of ketones is 1. The van der Waals surface area contributed by atoms with Gasteiger partial charge in [0.2, 0.25) is 0 Å². The molecule has 1 saturated heterocycles. The number of benzene rings is 2. The molecule has 1 heterocycles. The van der Waals surface area contributed by atoms with Gasteiger partial charge in [0, 0.05) is 31.4 Å². The van der Waals surface area contributed by atoms with Crippen LogP contribution in [0.1, 0.15) is 29.2 Å². The lowest BCUT2D eigenvalue weighted by molar-refractivity contribution is -0.140. The molecule has 0 spiro atoms. The molecule has 2 aromatic rings. The van der Waals surface area contributed by atoms with Gasteiger partial charge in [0.1, 0.15) is 23.0 Å². The van der Waals surface area contributed by atoms with E-state index in [1.165, 1.54) is 19.1 Å². The van der Waals surface area contributed by atoms with E-state index in [2.05, 4.69) is 0 Å². The maximum atomic E-state index is 13.2. The van der Waals surface area contributed by atoms with Crippen LogP contribution in [-0.2, 0) is 14.3 Å². The maximum Gasteiger partial charge on any atom is 0.295 e. The van der Waals surface area contributed by atoms with Gasteiger partial charge in [-0.1, -0.05) is 0 Å². The summed E-state index contributed by atoms with van der Waals surface area (Å²) in [5, 5.41) is 11.3. The standard InChI is InChI=1S/C25H29NO7/c1-15-13-16(7-9-19(15)32-4)23(27)21-22(18-14-17(31-3)8-10-20(18)33-5)26(11-6-12-30-2)25(29)24(21)28/h7-10,13-14,22,27H,6,11-12H2,1-5H3/b23-21+/t22-/m0/s1. The second kappa shape index (κ2) is 10.4. The van der Waals surface area contributed by atoms with Gasteiger partial charge < -0.3 is 29.0 Å². The molecule has 1 aliphatic rings. The first-order valence-electron chi connectivity index (χ1n) is 10.5. The fraction of sp³-hybridized carbons (Fsp3) is 0.360. The Labute approximate surface area is 193 Å². The van der Waals surface area contributed by atoms with Crippen LogP contribution in [0.2, 0.25) is 0 Å². The fourth-order valence-corrected chi connectivity index (χ4v) is 4.05. The number of hydrogen-bond acceptors (Lipinski definition) is 7. The van der Waals surface area contributed by atoms with Gasteiger partial charge in [0.25, 0.3) is 11.7 Å². The predicted molar refractivity (Wildman–Crippen MR) is 123 cm³/mol. The van der Waals surface area contributed by atoms with Gasteiger partial charge in [-0.2, -0.15) is 0 Å². The Bertz CT molecular complexity index is 1080. The van der Waals surface area contributed by atoms with E-state index >= 15 is 0 Å². The van der Waals surface area contributed by atoms with Crippen LogP contribution in [0.3, 0.4) is 0 Å². The Hall–Kier alpha value is -3.52. The largest absolute Gasteiger partial charge is 0.507 e. The SMILES string of the molecule is COCCCN1C(=O)C(=O)/C(=C(/O)c2ccc(OC)c(C)c2)[C@@H]1c1cc(OC)ccc1OC. The van der Waals surface area contributed by atoms with Crippen molar-refractivity contribution in [2.24, 2.45) is 0 Å². The lowest BCUT2D eigenvalue weighted by atomic mass is 9.94. The maximum absolute atomic E-state index is 13.2. The van der Waals surface area contributed by atoms with E-state index in [1.807, 2.05) is 6.92 Å². The lowest BCUT2D eigenvalue weighted by Gasteiger charge is -2.27. The van der Waals surface area contributed by atoms with Gasteiger partial charge in [-0.05, 0) is 55.3 Å². The van der Waals surface area contributed by atoms with Crippen molar-refractivity contribution in [3.8, 4) is 17.2 Å². The molecule has 0 saturated carbocycles. The number of carbonyl (C=O) groups excluding carboxylic acids is 2. The van der Waals surface area contributed by atoms with Crippen LogP contribution in [0.5, 0.6) is 17.2 Å². The van der Waals surface area contributed by atoms with Gasteiger partial charge >= 0.3 is 0 Å². The molecular formula is C25H29NO7. The van der Waals surface area contributed by atoms with Gasteiger partial charge in [-0.15, -0.1) is 0 Å². The number of aliphatic hydroxyl groups is 1. The third-order valence-corrected chi connectivity index (χ3v) is 5.69. The number of aliphatic hydroxyl groups excluding tert-OH is 1. The first-order valence-corrected chi connectivity index (χ1v) is 10.5. The molecule has 1 N–H and O–H groups in total. The number of carbonyl (C=O) groups is 2. The average molecular weight is 456 g/mol. The normalized spacial score (nSPS) is 17.4. The summed E-state index contributed by atoms with van der Waals surface area (Å²) in [4.78, 5) is 27.7. The molecule has 3 rings (SSSR count). The number of methoxy groups -OCH3 is 4. The van der Waals surface area contributed by atoms with Crippen LogP contribution in [-0.4, -0.2) is 63.3 Å². The van der Waals surface area contributed by atoms with Gasteiger partial charge in [-0.3, -0.25) is 9.59 Å². The summed E-state index contributed by atoms with van der Waals surface area (Å²) in [6.45, 7) is 2.52. The lowest BCUT2D eigenvalue weighted by Crippen LogP contribution is -2.31. The fourth-order valence-electron chi connectivity index (χ4n) is 4.05. The summed E-state index contributed by atoms with van der Waals surface area (Å²) >= 11 is 0. The van der Waals surface area contributed by atoms with Crippen LogP contribution in [0.15, 0.2) is 42.0 Å². The highest BCUT2D eigenvalue weighted by molar-refractivity contribution is 6.46. The van der Waals surface area contributed by atoms with Gasteiger partial charge in [0.15, 0.2) is 0 Å². The summed E-state index contributed by atoms with van der Waals surface area (Å²) in [5.41, 5.74) is 1.73. The second-order valence-electron chi connectivity index (χ2n) is 7.63. The van der Waals surface area contributed by atoms with Crippen molar-refractivity contribution in [3.05, 3.63) is 58.7 Å². The molecule has 0 unspecified atom stereocenters. The van der Waals surface area contributed by atoms with Crippen LogP contribution < -0.4 is 14.2 Å². The molecule has 1 fully saturated rings. The highest BCUT2D eigenvalue weighted by atomic mass is 16.5. The Morgan fingerprint density at radius 1 is 0.970 bits per heavy atom. The summed E-state index contributed by atoms with van der Waals surface area (Å²) in [6, 6.07) is 9.37. The van der Waals surface area contributed by atoms with Crippen LogP contribution in [0.25, 0.3) is 5.76 Å². The zero-order chi connectivity index (χ0) is 24.1. The van der Waals surface area contributed by atoms with Crippen molar-refractivity contribution in [1.82, 2.24) is 4.90 Å². The van der Waals surface area contributed by atoms with Crippen molar-refractivity contribution in [1.29, 1.82) is 0 Å². The van der Waals surface area contributed by atoms with E-state index in [0.717, 1.165) is 5.56 Å². The Morgan fingerprint density at radius 3 is 2.27 bits per heavy atom. The summed E-state index contributed by atoms with van der Waals surface area (Å²) in [5.74, 6) is -0.0494. The second-order valence-corrected chi connectivity index (χ2v) is 7.63. The van der Waals surface area contributed by atoms with Crippen molar-refractivity contribution < 1.29 is 33.6 Å². The number of likely N-dealkylation sites (tertiary alicyclic amines) is 1. The molecule has 1 amide bonds. The number of ether oxygens (including phenoxy) is 4. The van der Waals surface area contributed by atoms with E-state index in [1.54, 1.807) is 50.6 Å². The van der Waals surface area contributed by atoms with Crippen molar-refractivity contribution in [3.63, 3.8) is 0 Å². The molecule has 1 atom stereocenters. The summed E-state index contributed by atoms with van der Waals surface area (Å²) in [6.07, 6.45) is 0.522. The smallest absolute Gasteiger partial charge is 0.295 e. The molecule has 8 heteroatoms. The Balaban J connectivity index is 2.22. The van der Waals surface area contributed by atoms with E-state index in [9.17, 15) is 14.7 Å². The highest BCUT2D eigenvalue weighted by Gasteiger charge is 2.47. The van der Waals surface area contributed by atoms with Crippen molar-refractivity contribution in [2.75, 3.05) is 41.6 Å². The van der Waals surface area contributed by atoms with E-state index in [0.29, 0.717) is 41.4 Å². The zero-order valence-corrected chi connectivity index (χ0v) is 19.5. The molecule has 0 bridgehead atoms. The van der Waals surface area contributed by atoms with Crippen LogP contribution in [0.4, 0.5) is 0 Å². The minimum atomic E-state index is -0.852. The molecule has 1 aliphatic heterocycles. The number of hydrogen-bond donors (Lipinski definition) is 1. The monoisotopic (exact) mass is 455 g/mol. The highest BCUT2D eigenvalue weighted by Crippen LogP contribution is 2.44. The third-order valence-electron chi connectivity index (χ3n) is 5.69. The number of aryl methyl sites for hydroxylation is 1. The zero-order valence-electron chi connectivity index (χ0n) is 19.5. The number of Topliss-reactive ketones (excluding diaryl/α,β-unsaturated/α-hetero) is 1. The van der Waals surface area contributed by atoms with Crippen molar-refractivity contribution in [2.45, 2.75) is 19.4 Å². The summed E-state index contributed by atoms with van der Waals surface area (Å²) in [7, 11) is 6.17. The minimum Gasteiger partial charge on any atom is -0.507 e. The molecule has 0 radical (unpaired) electrons. The molecule has 0 aliphatic carbocycles. The van der Waals surface area contributed by atoms with E-state index < -0.39 is 17.7 Å². The first-order chi connectivity index (χ1) is 15.9. The topological polar surface area (TPSA) is 94.5 Å². The van der Waals surface area contributed by atoms with E-state index in [-0.39, 0.29) is 17.9 Å². The summed E-state index contributed by atoms with van der Waals surface area (Å²) < 4.78 is 21.3. The number of amides is 1. The predicted octanol–water partition coefficient (Wildman–Crippen LogP) is 3.48. The minimum absolute atomic E-state index is 0.00598. The van der Waals surface area contributed by atoms with Crippen LogP contribution >= 0.6 is 0 Å². The number of rotatable bonds is 9. The molecule has 176 valence electrons. The first kappa shape index (κ1) is 24.1. The molecule has 33 heavy (non-hydrogen) atoms. The van der Waals surface area contributed by atoms with Gasteiger partial charge in [0.05, 0.1) is 32.9 Å². The molecular weight excluding hydrogens is 426 g/mol. The average Bonchev–Trinajstić information content (AvgIpc) is 3.08. The third kappa shape index (κ3) is 4.66. The number of nitrogens with zero attached hydrogens (tertiary/aromatic N) is 1. The van der Waals surface area contributed by atoms with Crippen LogP contribution in [0, 0.1) is 6.92 Å². The van der Waals surface area contributed by atoms with E-state index in [4.69, 9.17) is 18.9 Å². The Morgan fingerprint density at radius 2 is 1.67 bits per heavy atom. The molecule has 0 aromatic heterocycles. The van der Waals surface area contributed by atoms with Crippen molar-refractivity contribution >= 4 is 17.4 Å². The Kier molecular flexibility index (Phi) is 7.60. The molecule has 2 aromatic carbocycles. The van der Waals surface area contributed by atoms with Gasteiger partial charge in [-0.25, -0.2) is 0 Å². The quantitative estimate of drug-likeness (QED) is 0.268.